The summed E-state index contributed by atoms with van der Waals surface area (Å²) >= 11 is 0. The normalized spacial score (nSPS) is 40.7. The lowest BCUT2D eigenvalue weighted by Crippen LogP contribution is -2.31. The minimum atomic E-state index is -1.19. The molecule has 1 rings (SSSR count). The van der Waals surface area contributed by atoms with Gasteiger partial charge in [0.25, 0.3) is 0 Å². The molecule has 0 fully saturated rings. The monoisotopic (exact) mass is 216 g/mol. The largest absolute Gasteiger partial charge is 0.462 e. The van der Waals surface area contributed by atoms with E-state index < -0.39 is 30.4 Å². The number of aliphatic hydroxyl groups excluding tert-OH is 3. The van der Waals surface area contributed by atoms with E-state index in [0.29, 0.717) is 0 Å². The Balaban J connectivity index is 2.72. The van der Waals surface area contributed by atoms with Crippen LogP contribution in [0.2, 0.25) is 0 Å². The van der Waals surface area contributed by atoms with Crippen LogP contribution in [-0.4, -0.2) is 45.7 Å². The van der Waals surface area contributed by atoms with E-state index in [0.717, 1.165) is 0 Å². The van der Waals surface area contributed by atoms with E-state index >= 15 is 0 Å². The molecule has 5 heteroatoms. The summed E-state index contributed by atoms with van der Waals surface area (Å²) in [5.41, 5.74) is 0. The maximum absolute atomic E-state index is 11.2. The van der Waals surface area contributed by atoms with Gasteiger partial charge in [-0.2, -0.15) is 0 Å². The number of aliphatic hydroxyl groups is 3. The van der Waals surface area contributed by atoms with Crippen LogP contribution < -0.4 is 0 Å². The van der Waals surface area contributed by atoms with Gasteiger partial charge in [0, 0.05) is 6.42 Å². The Morgan fingerprint density at radius 3 is 2.67 bits per heavy atom. The summed E-state index contributed by atoms with van der Waals surface area (Å²) in [4.78, 5) is 11.2. The van der Waals surface area contributed by atoms with Crippen LogP contribution in [0.4, 0.5) is 0 Å². The van der Waals surface area contributed by atoms with Crippen LogP contribution in [0.5, 0.6) is 0 Å². The molecule has 15 heavy (non-hydrogen) atoms. The number of hydrogen-bond acceptors (Lipinski definition) is 5. The van der Waals surface area contributed by atoms with Crippen molar-refractivity contribution in [2.75, 3.05) is 0 Å². The summed E-state index contributed by atoms with van der Waals surface area (Å²) in [6, 6.07) is 0. The second-order valence-electron chi connectivity index (χ2n) is 3.75. The van der Waals surface area contributed by atoms with Gasteiger partial charge in [-0.15, -0.1) is 0 Å². The van der Waals surface area contributed by atoms with Crippen molar-refractivity contribution in [2.45, 2.75) is 44.2 Å². The average Bonchev–Trinajstić information content (AvgIpc) is 2.12. The Hall–Kier alpha value is -0.910. The number of carbonyl (C=O) groups excluding carboxylic acids is 1. The Labute approximate surface area is 88.0 Å². The fourth-order valence-corrected chi connectivity index (χ4v) is 1.40. The van der Waals surface area contributed by atoms with Crippen molar-refractivity contribution in [3.63, 3.8) is 0 Å². The van der Waals surface area contributed by atoms with Gasteiger partial charge in [0.05, 0.1) is 24.7 Å². The summed E-state index contributed by atoms with van der Waals surface area (Å²) in [6.07, 6.45) is -0.805. The average molecular weight is 216 g/mol. The van der Waals surface area contributed by atoms with Crippen molar-refractivity contribution in [1.29, 1.82) is 0 Å². The number of cyclic esters (lactones) is 1. The minimum absolute atomic E-state index is 0.244. The zero-order valence-corrected chi connectivity index (χ0v) is 8.54. The second-order valence-corrected chi connectivity index (χ2v) is 3.75. The molecule has 0 aliphatic carbocycles. The van der Waals surface area contributed by atoms with Crippen molar-refractivity contribution >= 4 is 5.97 Å². The number of ether oxygens (including phenoxy) is 1. The van der Waals surface area contributed by atoms with Crippen LogP contribution in [-0.2, 0) is 9.53 Å². The number of hydrogen-bond donors (Lipinski definition) is 3. The summed E-state index contributed by atoms with van der Waals surface area (Å²) in [6.45, 7) is 1.67. The highest BCUT2D eigenvalue weighted by atomic mass is 16.5. The van der Waals surface area contributed by atoms with Crippen molar-refractivity contribution < 1.29 is 24.9 Å². The molecule has 0 aromatic rings. The van der Waals surface area contributed by atoms with Gasteiger partial charge in [-0.05, 0) is 6.92 Å². The molecule has 3 N–H and O–H groups in total. The standard InChI is InChI=1S/C10H16O5/c1-6-4-7(11)2-3-8(12)9(13)5-10(14)15-6/h2-3,6-9,11-13H,4-5H2,1H3/b3-2+/t6-,7-,8-,9-/m1/s1. The van der Waals surface area contributed by atoms with E-state index in [4.69, 9.17) is 4.74 Å². The lowest BCUT2D eigenvalue weighted by Gasteiger charge is -2.20. The van der Waals surface area contributed by atoms with E-state index in [9.17, 15) is 20.1 Å². The molecule has 1 aliphatic rings. The number of esters is 1. The second kappa shape index (κ2) is 5.25. The fourth-order valence-electron chi connectivity index (χ4n) is 1.40. The van der Waals surface area contributed by atoms with Gasteiger partial charge >= 0.3 is 5.97 Å². The summed E-state index contributed by atoms with van der Waals surface area (Å²) in [7, 11) is 0. The molecule has 0 radical (unpaired) electrons. The summed E-state index contributed by atoms with van der Waals surface area (Å²) < 4.78 is 4.91. The lowest BCUT2D eigenvalue weighted by molar-refractivity contribution is -0.152. The first-order chi connectivity index (χ1) is 6.99. The van der Waals surface area contributed by atoms with E-state index in [1.54, 1.807) is 6.92 Å². The fraction of sp³-hybridized carbons (Fsp3) is 0.700. The maximum atomic E-state index is 11.2. The molecular formula is C10H16O5. The van der Waals surface area contributed by atoms with Gasteiger partial charge in [-0.3, -0.25) is 4.79 Å². The van der Waals surface area contributed by atoms with Crippen LogP contribution in [0.3, 0.4) is 0 Å². The van der Waals surface area contributed by atoms with E-state index in [-0.39, 0.29) is 12.8 Å². The van der Waals surface area contributed by atoms with Crippen LogP contribution in [0.25, 0.3) is 0 Å². The number of rotatable bonds is 0. The number of carbonyl (C=O) groups is 1. The molecule has 4 atom stereocenters. The van der Waals surface area contributed by atoms with Crippen molar-refractivity contribution in [3.8, 4) is 0 Å². The molecule has 0 spiro atoms. The van der Waals surface area contributed by atoms with E-state index in [1.807, 2.05) is 0 Å². The third-order valence-electron chi connectivity index (χ3n) is 2.21. The zero-order valence-electron chi connectivity index (χ0n) is 8.54. The molecule has 86 valence electrons. The molecule has 0 saturated heterocycles. The van der Waals surface area contributed by atoms with Crippen molar-refractivity contribution in [2.24, 2.45) is 0 Å². The van der Waals surface area contributed by atoms with Crippen LogP contribution in [0, 0.1) is 0 Å². The molecule has 1 heterocycles. The van der Waals surface area contributed by atoms with E-state index in [1.165, 1.54) is 12.2 Å². The molecule has 1 aliphatic heterocycles. The highest BCUT2D eigenvalue weighted by molar-refractivity contribution is 5.70. The van der Waals surface area contributed by atoms with Gasteiger partial charge in [0.1, 0.15) is 6.10 Å². The van der Waals surface area contributed by atoms with Crippen molar-refractivity contribution in [3.05, 3.63) is 12.2 Å². The predicted octanol–water partition coefficient (Wildman–Crippen LogP) is -0.649. The molecule has 0 saturated carbocycles. The SMILES string of the molecule is C[C@@H]1C[C@H](O)/C=C/[C@@H](O)[C@H](O)CC(=O)O1. The maximum Gasteiger partial charge on any atom is 0.308 e. The van der Waals surface area contributed by atoms with Gasteiger partial charge in [0.15, 0.2) is 0 Å². The van der Waals surface area contributed by atoms with Gasteiger partial charge in [0.2, 0.25) is 0 Å². The van der Waals surface area contributed by atoms with Crippen LogP contribution in [0.1, 0.15) is 19.8 Å². The Kier molecular flexibility index (Phi) is 4.26. The van der Waals surface area contributed by atoms with Gasteiger partial charge < -0.3 is 20.1 Å². The molecule has 0 aromatic heterocycles. The molecule has 0 amide bonds. The highest BCUT2D eigenvalue weighted by Gasteiger charge is 2.22. The summed E-state index contributed by atoms with van der Waals surface area (Å²) in [5, 5.41) is 28.1. The third-order valence-corrected chi connectivity index (χ3v) is 2.21. The van der Waals surface area contributed by atoms with Crippen LogP contribution in [0.15, 0.2) is 12.2 Å². The van der Waals surface area contributed by atoms with E-state index in [2.05, 4.69) is 0 Å². The Morgan fingerprint density at radius 1 is 1.33 bits per heavy atom. The molecule has 0 aromatic carbocycles. The first-order valence-electron chi connectivity index (χ1n) is 4.91. The van der Waals surface area contributed by atoms with Gasteiger partial charge in [-0.25, -0.2) is 0 Å². The molecular weight excluding hydrogens is 200 g/mol. The Morgan fingerprint density at radius 2 is 2.00 bits per heavy atom. The lowest BCUT2D eigenvalue weighted by atomic mass is 10.1. The molecule has 0 unspecified atom stereocenters. The minimum Gasteiger partial charge on any atom is -0.462 e. The van der Waals surface area contributed by atoms with Crippen molar-refractivity contribution in [1.82, 2.24) is 0 Å². The van der Waals surface area contributed by atoms with Gasteiger partial charge in [-0.1, -0.05) is 12.2 Å². The molecule has 5 nitrogen and oxygen atoms in total. The first-order valence-corrected chi connectivity index (χ1v) is 4.91. The quantitative estimate of drug-likeness (QED) is 0.370. The predicted molar refractivity (Wildman–Crippen MR) is 51.9 cm³/mol. The third kappa shape index (κ3) is 3.99. The first kappa shape index (κ1) is 12.2. The van der Waals surface area contributed by atoms with Crippen LogP contribution >= 0.6 is 0 Å². The zero-order chi connectivity index (χ0) is 11.4. The smallest absolute Gasteiger partial charge is 0.308 e. The Bertz CT molecular complexity index is 250. The highest BCUT2D eigenvalue weighted by Crippen LogP contribution is 2.11. The molecule has 0 bridgehead atoms. The summed E-state index contributed by atoms with van der Waals surface area (Å²) in [5.74, 6) is -0.573. The topological polar surface area (TPSA) is 87.0 Å².